The second kappa shape index (κ2) is 31.3. The molecule has 0 amide bonds. The minimum atomic E-state index is -0.460. The predicted molar refractivity (Wildman–Crippen MR) is 209 cm³/mol. The first-order chi connectivity index (χ1) is 24.4. The van der Waals surface area contributed by atoms with E-state index in [9.17, 15) is 19.2 Å². The van der Waals surface area contributed by atoms with Crippen molar-refractivity contribution in [3.05, 3.63) is 20.4 Å². The van der Waals surface area contributed by atoms with Gasteiger partial charge in [-0.25, -0.2) is 0 Å². The first kappa shape index (κ1) is 45.6. The van der Waals surface area contributed by atoms with E-state index in [1.54, 1.807) is 7.05 Å². The highest BCUT2D eigenvalue weighted by Crippen LogP contribution is 2.18. The van der Waals surface area contributed by atoms with Crippen LogP contribution in [-0.4, -0.2) is 62.8 Å². The number of hydrogen-bond donors (Lipinski definition) is 2. The Hall–Kier alpha value is -2.42. The van der Waals surface area contributed by atoms with Crippen molar-refractivity contribution in [1.82, 2.24) is 4.90 Å². The number of nitrogens with one attached hydrogen (secondary N) is 2. The van der Waals surface area contributed by atoms with Crippen LogP contribution in [0, 0.1) is 0 Å². The van der Waals surface area contributed by atoms with Crippen LogP contribution >= 0.6 is 0 Å². The fourth-order valence-corrected chi connectivity index (χ4v) is 6.46. The molecule has 1 rings (SSSR count). The number of nitrogens with zero attached hydrogens (tertiary/aromatic N) is 1. The van der Waals surface area contributed by atoms with Crippen LogP contribution in [0.1, 0.15) is 181 Å². The zero-order valence-corrected chi connectivity index (χ0v) is 32.7. The van der Waals surface area contributed by atoms with E-state index in [-0.39, 0.29) is 18.0 Å². The molecule has 0 saturated carbocycles. The van der Waals surface area contributed by atoms with Crippen LogP contribution in [0.25, 0.3) is 0 Å². The number of carbonyl (C=O) groups excluding carboxylic acids is 2. The van der Waals surface area contributed by atoms with Gasteiger partial charge < -0.3 is 25.0 Å². The van der Waals surface area contributed by atoms with Crippen molar-refractivity contribution >= 4 is 23.3 Å². The van der Waals surface area contributed by atoms with Gasteiger partial charge in [0.1, 0.15) is 17.5 Å². The molecule has 0 heterocycles. The Balaban J connectivity index is 2.50. The maximum atomic E-state index is 12.9. The van der Waals surface area contributed by atoms with Crippen LogP contribution < -0.4 is 21.5 Å². The van der Waals surface area contributed by atoms with Gasteiger partial charge in [-0.3, -0.25) is 19.2 Å². The molecule has 1 aromatic carbocycles. The summed E-state index contributed by atoms with van der Waals surface area (Å²) >= 11 is 0. The minimum absolute atomic E-state index is 0.0517. The Labute approximate surface area is 305 Å². The lowest BCUT2D eigenvalue weighted by Crippen LogP contribution is -2.37. The van der Waals surface area contributed by atoms with Gasteiger partial charge in [0.15, 0.2) is 0 Å². The molecule has 0 aliphatic heterocycles. The lowest BCUT2D eigenvalue weighted by molar-refractivity contribution is -0.150. The van der Waals surface area contributed by atoms with Crippen molar-refractivity contribution in [3.63, 3.8) is 0 Å². The van der Waals surface area contributed by atoms with Crippen LogP contribution in [0.3, 0.4) is 0 Å². The van der Waals surface area contributed by atoms with E-state index in [0.717, 1.165) is 103 Å². The molecule has 0 fully saturated rings. The largest absolute Gasteiger partial charge is 0.466 e. The average Bonchev–Trinajstić information content (AvgIpc) is 3.11. The van der Waals surface area contributed by atoms with Crippen molar-refractivity contribution in [2.45, 2.75) is 187 Å². The molecule has 290 valence electrons. The molecule has 0 aromatic heterocycles. The quantitative estimate of drug-likeness (QED) is 0.0401. The van der Waals surface area contributed by atoms with Gasteiger partial charge in [-0.15, -0.1) is 0 Å². The second-order valence-corrected chi connectivity index (χ2v) is 14.2. The standard InChI is InChI=1S/C41H75N3O6/c1-5-8-11-13-15-19-26-35(27-20-16-14-12-9-6-2)50-37(46)29-21-23-32-44(31-22-17-24-34-49-36(45)28-18-10-7-3)33-25-30-43-39-38(42-4)40(47)41(39)48/h35,42-43H,5-34H2,1-4H3. The van der Waals surface area contributed by atoms with Crippen molar-refractivity contribution in [1.29, 1.82) is 0 Å². The molecule has 0 aliphatic rings. The summed E-state index contributed by atoms with van der Waals surface area (Å²) in [7, 11) is 1.65. The minimum Gasteiger partial charge on any atom is -0.466 e. The van der Waals surface area contributed by atoms with Crippen LogP contribution in [0.2, 0.25) is 0 Å². The lowest BCUT2D eigenvalue weighted by atomic mass is 10.0. The van der Waals surface area contributed by atoms with E-state index in [1.165, 1.54) is 64.2 Å². The number of ether oxygens (including phenoxy) is 2. The normalized spacial score (nSPS) is 11.5. The average molecular weight is 706 g/mol. The lowest BCUT2D eigenvalue weighted by Gasteiger charge is -2.23. The Morgan fingerprint density at radius 3 is 1.68 bits per heavy atom. The third-order valence-electron chi connectivity index (χ3n) is 9.64. The summed E-state index contributed by atoms with van der Waals surface area (Å²) in [6.45, 7) is 10.4. The summed E-state index contributed by atoms with van der Waals surface area (Å²) < 4.78 is 11.4. The monoisotopic (exact) mass is 706 g/mol. The molecule has 0 spiro atoms. The van der Waals surface area contributed by atoms with Gasteiger partial charge in [0, 0.05) is 26.4 Å². The molecule has 0 unspecified atom stereocenters. The van der Waals surface area contributed by atoms with Crippen molar-refractivity contribution in [3.8, 4) is 0 Å². The third-order valence-corrected chi connectivity index (χ3v) is 9.64. The van der Waals surface area contributed by atoms with E-state index >= 15 is 0 Å². The van der Waals surface area contributed by atoms with E-state index < -0.39 is 10.9 Å². The smallest absolute Gasteiger partial charge is 0.306 e. The molecule has 0 aliphatic carbocycles. The van der Waals surface area contributed by atoms with E-state index in [4.69, 9.17) is 9.47 Å². The highest BCUT2D eigenvalue weighted by molar-refractivity contribution is 5.73. The predicted octanol–water partition coefficient (Wildman–Crippen LogP) is 9.31. The maximum Gasteiger partial charge on any atom is 0.306 e. The van der Waals surface area contributed by atoms with Crippen molar-refractivity contribution in [2.24, 2.45) is 0 Å². The molecule has 9 heteroatoms. The fraction of sp³-hybridized carbons (Fsp3) is 0.854. The molecule has 1 aromatic rings. The van der Waals surface area contributed by atoms with Crippen LogP contribution in [-0.2, 0) is 19.1 Å². The Bertz CT molecular complexity index is 1040. The van der Waals surface area contributed by atoms with E-state index in [2.05, 4.69) is 36.3 Å². The molecule has 2 N–H and O–H groups in total. The number of rotatable bonds is 36. The Morgan fingerprint density at radius 2 is 1.06 bits per heavy atom. The molecule has 0 atom stereocenters. The highest BCUT2D eigenvalue weighted by atomic mass is 16.5. The molecular formula is C41H75N3O6. The number of carbonyl (C=O) groups is 2. The Morgan fingerprint density at radius 1 is 0.580 bits per heavy atom. The Kier molecular flexibility index (Phi) is 28.6. The zero-order valence-electron chi connectivity index (χ0n) is 32.7. The van der Waals surface area contributed by atoms with Gasteiger partial charge in [0.25, 0.3) is 10.9 Å². The highest BCUT2D eigenvalue weighted by Gasteiger charge is 2.19. The summed E-state index contributed by atoms with van der Waals surface area (Å²) in [5, 5.41) is 5.94. The second-order valence-electron chi connectivity index (χ2n) is 14.2. The van der Waals surface area contributed by atoms with Gasteiger partial charge in [-0.2, -0.15) is 0 Å². The summed E-state index contributed by atoms with van der Waals surface area (Å²) in [5.41, 5.74) is -0.160. The number of anilines is 2. The zero-order chi connectivity index (χ0) is 36.7. The van der Waals surface area contributed by atoms with Crippen molar-refractivity contribution in [2.75, 3.05) is 50.5 Å². The summed E-state index contributed by atoms with van der Waals surface area (Å²) in [4.78, 5) is 50.8. The van der Waals surface area contributed by atoms with Gasteiger partial charge in [0.2, 0.25) is 0 Å². The van der Waals surface area contributed by atoms with Crippen LogP contribution in [0.5, 0.6) is 0 Å². The molecule has 50 heavy (non-hydrogen) atoms. The first-order valence-corrected chi connectivity index (χ1v) is 20.7. The summed E-state index contributed by atoms with van der Waals surface area (Å²) in [6, 6.07) is 0. The first-order valence-electron chi connectivity index (χ1n) is 20.7. The summed E-state index contributed by atoms with van der Waals surface area (Å²) in [6.07, 6.45) is 26.4. The fourth-order valence-electron chi connectivity index (χ4n) is 6.46. The van der Waals surface area contributed by atoms with Crippen molar-refractivity contribution < 1.29 is 19.1 Å². The molecule has 0 radical (unpaired) electrons. The van der Waals surface area contributed by atoms with Crippen LogP contribution in [0.15, 0.2) is 9.59 Å². The van der Waals surface area contributed by atoms with E-state index in [1.807, 2.05) is 0 Å². The molecular weight excluding hydrogens is 630 g/mol. The number of hydrogen-bond acceptors (Lipinski definition) is 9. The van der Waals surface area contributed by atoms with Crippen LogP contribution in [0.4, 0.5) is 11.4 Å². The van der Waals surface area contributed by atoms with Gasteiger partial charge in [-0.05, 0) is 90.3 Å². The van der Waals surface area contributed by atoms with E-state index in [0.29, 0.717) is 37.4 Å². The maximum absolute atomic E-state index is 12.9. The topological polar surface area (TPSA) is 114 Å². The molecule has 0 saturated heterocycles. The third kappa shape index (κ3) is 22.4. The van der Waals surface area contributed by atoms with Gasteiger partial charge in [-0.1, -0.05) is 97.8 Å². The SMILES string of the molecule is CCCCCCCCC(CCCCCCCC)OC(=O)CCCCN(CCCCCOC(=O)CCCCC)CCCNc1c(NC)c(=O)c1=O. The molecule has 9 nitrogen and oxygen atoms in total. The molecule has 0 bridgehead atoms. The number of esters is 2. The van der Waals surface area contributed by atoms with Gasteiger partial charge in [0.05, 0.1) is 6.61 Å². The number of unbranched alkanes of at least 4 members (excludes halogenated alkanes) is 15. The summed E-state index contributed by atoms with van der Waals surface area (Å²) in [5.74, 6) is -0.147. The van der Waals surface area contributed by atoms with Gasteiger partial charge >= 0.3 is 11.9 Å².